The van der Waals surface area contributed by atoms with Gasteiger partial charge >= 0.3 is 0 Å². The van der Waals surface area contributed by atoms with Crippen LogP contribution in [0.3, 0.4) is 0 Å². The van der Waals surface area contributed by atoms with Crippen LogP contribution in [0, 0.1) is 5.41 Å². The number of methoxy groups -OCH3 is 1. The van der Waals surface area contributed by atoms with E-state index in [9.17, 15) is 0 Å². The van der Waals surface area contributed by atoms with Crippen molar-refractivity contribution in [1.29, 1.82) is 0 Å². The Hall–Kier alpha value is -1.52. The first-order valence-corrected chi connectivity index (χ1v) is 5.03. The minimum atomic E-state index is 0.371. The summed E-state index contributed by atoms with van der Waals surface area (Å²) in [6.45, 7) is 3.15. The van der Waals surface area contributed by atoms with E-state index in [2.05, 4.69) is 22.2 Å². The van der Waals surface area contributed by atoms with Gasteiger partial charge in [-0.1, -0.05) is 6.92 Å². The maximum absolute atomic E-state index is 5.67. The fourth-order valence-electron chi connectivity index (χ4n) is 1.40. The van der Waals surface area contributed by atoms with E-state index in [0.29, 0.717) is 22.8 Å². The van der Waals surface area contributed by atoms with Crippen LogP contribution in [0.2, 0.25) is 0 Å². The number of nitrogens with two attached hydrogens (primary N) is 1. The topological polar surface area (TPSA) is 73.1 Å². The molecule has 3 N–H and O–H groups in total. The molecule has 0 saturated heterocycles. The molecule has 1 fully saturated rings. The zero-order chi connectivity index (χ0) is 10.9. The Kier molecular flexibility index (Phi) is 2.38. The molecule has 15 heavy (non-hydrogen) atoms. The maximum Gasteiger partial charge on any atom is 0.203 e. The minimum Gasteiger partial charge on any atom is -0.490 e. The van der Waals surface area contributed by atoms with Crippen molar-refractivity contribution >= 4 is 11.6 Å². The summed E-state index contributed by atoms with van der Waals surface area (Å²) in [6.07, 6.45) is 3.97. The van der Waals surface area contributed by atoms with Crippen molar-refractivity contribution in [3.63, 3.8) is 0 Å². The standard InChI is InChI=1S/C10H16N4O/c1-10(3-4-10)5-12-9-7(15-2)8(11)13-6-14-9/h6H,3-5H2,1-2H3,(H3,11,12,13,14). The molecular weight excluding hydrogens is 192 g/mol. The number of hydrogen-bond donors (Lipinski definition) is 2. The Morgan fingerprint density at radius 1 is 1.53 bits per heavy atom. The predicted molar refractivity (Wildman–Crippen MR) is 58.8 cm³/mol. The third-order valence-corrected chi connectivity index (χ3v) is 2.82. The molecule has 0 atom stereocenters. The molecule has 0 aromatic carbocycles. The van der Waals surface area contributed by atoms with E-state index < -0.39 is 0 Å². The molecule has 1 heterocycles. The van der Waals surface area contributed by atoms with Gasteiger partial charge in [-0.3, -0.25) is 0 Å². The monoisotopic (exact) mass is 208 g/mol. The van der Waals surface area contributed by atoms with Crippen molar-refractivity contribution in [1.82, 2.24) is 9.97 Å². The average molecular weight is 208 g/mol. The van der Waals surface area contributed by atoms with E-state index in [0.717, 1.165) is 6.54 Å². The summed E-state index contributed by atoms with van der Waals surface area (Å²) in [4.78, 5) is 7.99. The number of anilines is 2. The lowest BCUT2D eigenvalue weighted by molar-refractivity contribution is 0.414. The molecule has 1 aliphatic carbocycles. The molecule has 0 unspecified atom stereocenters. The number of rotatable bonds is 4. The van der Waals surface area contributed by atoms with E-state index in [1.165, 1.54) is 19.2 Å². The van der Waals surface area contributed by atoms with Crippen LogP contribution in [0.25, 0.3) is 0 Å². The molecule has 0 spiro atoms. The number of ether oxygens (including phenoxy) is 1. The smallest absolute Gasteiger partial charge is 0.203 e. The third-order valence-electron chi connectivity index (χ3n) is 2.82. The summed E-state index contributed by atoms with van der Waals surface area (Å²) in [6, 6.07) is 0. The van der Waals surface area contributed by atoms with Gasteiger partial charge in [0.2, 0.25) is 5.75 Å². The zero-order valence-corrected chi connectivity index (χ0v) is 9.08. The van der Waals surface area contributed by atoms with Crippen molar-refractivity contribution in [2.75, 3.05) is 24.7 Å². The number of nitrogens with zero attached hydrogens (tertiary/aromatic N) is 2. The highest BCUT2D eigenvalue weighted by Crippen LogP contribution is 2.45. The van der Waals surface area contributed by atoms with E-state index >= 15 is 0 Å². The van der Waals surface area contributed by atoms with Gasteiger partial charge in [0.25, 0.3) is 0 Å². The van der Waals surface area contributed by atoms with Gasteiger partial charge in [0, 0.05) is 6.54 Å². The molecule has 1 aromatic rings. The summed E-state index contributed by atoms with van der Waals surface area (Å²) in [5, 5.41) is 3.25. The number of aromatic nitrogens is 2. The van der Waals surface area contributed by atoms with Crippen molar-refractivity contribution in [2.24, 2.45) is 5.41 Å². The van der Waals surface area contributed by atoms with Crippen LogP contribution in [0.4, 0.5) is 11.6 Å². The summed E-state index contributed by atoms with van der Waals surface area (Å²) in [5.41, 5.74) is 6.09. The van der Waals surface area contributed by atoms with Crippen molar-refractivity contribution < 1.29 is 4.74 Å². The first-order chi connectivity index (χ1) is 7.14. The molecule has 0 aliphatic heterocycles. The molecule has 0 radical (unpaired) electrons. The fourth-order valence-corrected chi connectivity index (χ4v) is 1.40. The fraction of sp³-hybridized carbons (Fsp3) is 0.600. The van der Waals surface area contributed by atoms with Crippen molar-refractivity contribution in [3.8, 4) is 5.75 Å². The van der Waals surface area contributed by atoms with Gasteiger partial charge in [-0.2, -0.15) is 0 Å². The minimum absolute atomic E-state index is 0.371. The van der Waals surface area contributed by atoms with Crippen LogP contribution < -0.4 is 15.8 Å². The summed E-state index contributed by atoms with van der Waals surface area (Å²) in [7, 11) is 1.57. The second kappa shape index (κ2) is 3.56. The first-order valence-electron chi connectivity index (χ1n) is 5.03. The van der Waals surface area contributed by atoms with Gasteiger partial charge in [0.15, 0.2) is 11.6 Å². The number of nitrogens with one attached hydrogen (secondary N) is 1. The lowest BCUT2D eigenvalue weighted by Gasteiger charge is -2.13. The molecule has 0 amide bonds. The van der Waals surface area contributed by atoms with E-state index in [1.54, 1.807) is 7.11 Å². The quantitative estimate of drug-likeness (QED) is 0.779. The van der Waals surface area contributed by atoms with Crippen LogP contribution in [-0.4, -0.2) is 23.6 Å². The normalized spacial score (nSPS) is 17.2. The summed E-state index contributed by atoms with van der Waals surface area (Å²) in [5.74, 6) is 1.58. The average Bonchev–Trinajstić information content (AvgIpc) is 2.94. The highest BCUT2D eigenvalue weighted by Gasteiger charge is 2.37. The van der Waals surface area contributed by atoms with Crippen LogP contribution in [0.1, 0.15) is 19.8 Å². The summed E-state index contributed by atoms with van der Waals surface area (Å²) < 4.78 is 5.15. The lowest BCUT2D eigenvalue weighted by atomic mass is 10.1. The van der Waals surface area contributed by atoms with Crippen LogP contribution in [0.5, 0.6) is 5.75 Å². The van der Waals surface area contributed by atoms with Gasteiger partial charge in [-0.15, -0.1) is 0 Å². The van der Waals surface area contributed by atoms with Crippen LogP contribution in [-0.2, 0) is 0 Å². The maximum atomic E-state index is 5.67. The van der Waals surface area contributed by atoms with Gasteiger partial charge in [-0.05, 0) is 18.3 Å². The lowest BCUT2D eigenvalue weighted by Crippen LogP contribution is -2.14. The summed E-state index contributed by atoms with van der Waals surface area (Å²) >= 11 is 0. The Morgan fingerprint density at radius 3 is 2.87 bits per heavy atom. The predicted octanol–water partition coefficient (Wildman–Crippen LogP) is 1.28. The van der Waals surface area contributed by atoms with Crippen molar-refractivity contribution in [2.45, 2.75) is 19.8 Å². The third kappa shape index (κ3) is 2.11. The Labute approximate surface area is 89.1 Å². The molecule has 2 rings (SSSR count). The highest BCUT2D eigenvalue weighted by molar-refractivity contribution is 5.61. The van der Waals surface area contributed by atoms with Crippen molar-refractivity contribution in [3.05, 3.63) is 6.33 Å². The molecule has 1 aliphatic rings. The van der Waals surface area contributed by atoms with Crippen LogP contribution >= 0.6 is 0 Å². The Morgan fingerprint density at radius 2 is 2.27 bits per heavy atom. The molecule has 5 nitrogen and oxygen atoms in total. The molecule has 0 bridgehead atoms. The Balaban J connectivity index is 2.09. The van der Waals surface area contributed by atoms with Gasteiger partial charge in [0.05, 0.1) is 7.11 Å². The van der Waals surface area contributed by atoms with Gasteiger partial charge in [-0.25, -0.2) is 9.97 Å². The molecule has 1 saturated carbocycles. The number of nitrogen functional groups attached to an aromatic ring is 1. The zero-order valence-electron chi connectivity index (χ0n) is 9.08. The molecule has 1 aromatic heterocycles. The van der Waals surface area contributed by atoms with E-state index in [-0.39, 0.29) is 0 Å². The SMILES string of the molecule is COc1c(N)ncnc1NCC1(C)CC1. The largest absolute Gasteiger partial charge is 0.490 e. The van der Waals surface area contributed by atoms with Gasteiger partial charge < -0.3 is 15.8 Å². The van der Waals surface area contributed by atoms with Gasteiger partial charge in [0.1, 0.15) is 6.33 Å². The molecule has 82 valence electrons. The van der Waals surface area contributed by atoms with E-state index in [4.69, 9.17) is 10.5 Å². The first kappa shape index (κ1) is 10.0. The molecule has 5 heteroatoms. The molecular formula is C10H16N4O. The highest BCUT2D eigenvalue weighted by atomic mass is 16.5. The number of hydrogen-bond acceptors (Lipinski definition) is 5. The van der Waals surface area contributed by atoms with E-state index in [1.807, 2.05) is 0 Å². The second-order valence-electron chi connectivity index (χ2n) is 4.30. The second-order valence-corrected chi connectivity index (χ2v) is 4.30. The Bertz CT molecular complexity index is 362. The van der Waals surface area contributed by atoms with Crippen LogP contribution in [0.15, 0.2) is 6.33 Å².